The van der Waals surface area contributed by atoms with Crippen LogP contribution in [0.1, 0.15) is 89.5 Å². The van der Waals surface area contributed by atoms with Crippen LogP contribution >= 0.6 is 0 Å². The third kappa shape index (κ3) is 4.55. The molecule has 2 fully saturated rings. The first-order chi connectivity index (χ1) is 13.1. The molecular weight excluding hydrogens is 342 g/mol. The molecule has 0 saturated heterocycles. The summed E-state index contributed by atoms with van der Waals surface area (Å²) >= 11 is 0. The van der Waals surface area contributed by atoms with E-state index in [1.54, 1.807) is 6.07 Å². The Bertz CT molecular complexity index is 584. The summed E-state index contributed by atoms with van der Waals surface area (Å²) in [7, 11) is 0. The molecule has 0 atom stereocenters. The van der Waals surface area contributed by atoms with E-state index in [4.69, 9.17) is 0 Å². The molecule has 0 spiro atoms. The summed E-state index contributed by atoms with van der Waals surface area (Å²) in [6, 6.07) is 4.77. The third-order valence-corrected chi connectivity index (χ3v) is 7.59. The average molecular weight is 379 g/mol. The fourth-order valence-electron chi connectivity index (χ4n) is 5.85. The smallest absolute Gasteiger partial charge is 0.162 e. The predicted molar refractivity (Wildman–Crippen MR) is 107 cm³/mol. The molecule has 0 aromatic heterocycles. The molecule has 2 aliphatic rings. The van der Waals surface area contributed by atoms with E-state index in [1.165, 1.54) is 31.7 Å². The van der Waals surface area contributed by atoms with E-state index < -0.39 is 11.6 Å². The zero-order valence-electron chi connectivity index (χ0n) is 16.9. The lowest BCUT2D eigenvalue weighted by Crippen LogP contribution is -2.42. The summed E-state index contributed by atoms with van der Waals surface area (Å²) in [5, 5.41) is 9.48. The van der Waals surface area contributed by atoms with Crippen LogP contribution in [-0.2, 0) is 5.41 Å². The second kappa shape index (κ2) is 9.49. The number of unbranched alkanes of at least 4 members (excludes halogenated alkanes) is 2. The van der Waals surface area contributed by atoms with E-state index >= 15 is 0 Å². The van der Waals surface area contributed by atoms with Gasteiger partial charge in [-0.3, -0.25) is 0 Å². The van der Waals surface area contributed by atoms with E-state index in [-0.39, 0.29) is 12.0 Å². The molecule has 1 aromatic carbocycles. The first-order valence-electron chi connectivity index (χ1n) is 11.2. The van der Waals surface area contributed by atoms with Crippen molar-refractivity contribution in [2.75, 3.05) is 6.61 Å². The van der Waals surface area contributed by atoms with Crippen LogP contribution in [0.15, 0.2) is 18.2 Å². The van der Waals surface area contributed by atoms with Crippen LogP contribution in [-0.4, -0.2) is 11.7 Å². The Morgan fingerprint density at radius 2 is 1.67 bits per heavy atom. The molecule has 0 radical (unpaired) electrons. The zero-order valence-corrected chi connectivity index (χ0v) is 16.9. The number of aliphatic hydroxyl groups excluding tert-OH is 1. The van der Waals surface area contributed by atoms with E-state index in [1.807, 2.05) is 6.07 Å². The molecule has 27 heavy (non-hydrogen) atoms. The molecule has 3 rings (SSSR count). The highest BCUT2D eigenvalue weighted by Crippen LogP contribution is 2.53. The SMILES string of the molecule is CCCCCC1CCC(c2cccc(F)c2F)(C2CCC(CO)CC2)CC1. The highest BCUT2D eigenvalue weighted by Gasteiger charge is 2.45. The van der Waals surface area contributed by atoms with Crippen LogP contribution in [0.5, 0.6) is 0 Å². The van der Waals surface area contributed by atoms with Gasteiger partial charge in [0.15, 0.2) is 11.6 Å². The van der Waals surface area contributed by atoms with Crippen molar-refractivity contribution >= 4 is 0 Å². The van der Waals surface area contributed by atoms with Crippen molar-refractivity contribution in [3.8, 4) is 0 Å². The number of rotatable bonds is 7. The van der Waals surface area contributed by atoms with Gasteiger partial charge in [-0.2, -0.15) is 0 Å². The van der Waals surface area contributed by atoms with Gasteiger partial charge in [-0.25, -0.2) is 8.78 Å². The Balaban J connectivity index is 1.80. The Kier molecular flexibility index (Phi) is 7.30. The van der Waals surface area contributed by atoms with Crippen molar-refractivity contribution in [2.24, 2.45) is 17.8 Å². The van der Waals surface area contributed by atoms with Gasteiger partial charge in [0.1, 0.15) is 0 Å². The van der Waals surface area contributed by atoms with E-state index in [0.717, 1.165) is 57.3 Å². The number of hydrogen-bond donors (Lipinski definition) is 1. The first-order valence-corrected chi connectivity index (χ1v) is 11.2. The fraction of sp³-hybridized carbons (Fsp3) is 0.750. The summed E-state index contributed by atoms with van der Waals surface area (Å²) in [6.45, 7) is 2.49. The van der Waals surface area contributed by atoms with Gasteiger partial charge in [0.2, 0.25) is 0 Å². The number of aliphatic hydroxyl groups is 1. The van der Waals surface area contributed by atoms with Crippen molar-refractivity contribution in [3.63, 3.8) is 0 Å². The van der Waals surface area contributed by atoms with Crippen molar-refractivity contribution in [2.45, 2.75) is 89.4 Å². The third-order valence-electron chi connectivity index (χ3n) is 7.59. The molecular formula is C24H36F2O. The zero-order chi connectivity index (χ0) is 19.3. The molecule has 3 heteroatoms. The molecule has 2 aliphatic carbocycles. The van der Waals surface area contributed by atoms with Crippen LogP contribution in [0, 0.1) is 29.4 Å². The van der Waals surface area contributed by atoms with E-state index in [0.29, 0.717) is 17.4 Å². The second-order valence-corrected chi connectivity index (χ2v) is 9.10. The van der Waals surface area contributed by atoms with Gasteiger partial charge in [-0.1, -0.05) is 44.7 Å². The summed E-state index contributed by atoms with van der Waals surface area (Å²) in [4.78, 5) is 0. The number of benzene rings is 1. The largest absolute Gasteiger partial charge is 0.396 e. The fourth-order valence-corrected chi connectivity index (χ4v) is 5.85. The molecule has 1 N–H and O–H groups in total. The van der Waals surface area contributed by atoms with Gasteiger partial charge in [-0.15, -0.1) is 0 Å². The normalized spacial score (nSPS) is 31.8. The quantitative estimate of drug-likeness (QED) is 0.519. The predicted octanol–water partition coefficient (Wildman–Crippen LogP) is 6.77. The maximum atomic E-state index is 14.9. The summed E-state index contributed by atoms with van der Waals surface area (Å²) in [5.41, 5.74) is 0.412. The Labute approximate surface area is 163 Å². The molecule has 1 aromatic rings. The molecule has 0 heterocycles. The molecule has 2 saturated carbocycles. The van der Waals surface area contributed by atoms with E-state index in [9.17, 15) is 13.9 Å². The monoisotopic (exact) mass is 378 g/mol. The van der Waals surface area contributed by atoms with Crippen LogP contribution in [0.25, 0.3) is 0 Å². The molecule has 0 unspecified atom stereocenters. The number of halogens is 2. The first kappa shape index (κ1) is 20.8. The van der Waals surface area contributed by atoms with Crippen molar-refractivity contribution < 1.29 is 13.9 Å². The second-order valence-electron chi connectivity index (χ2n) is 9.10. The van der Waals surface area contributed by atoms with Gasteiger partial charge >= 0.3 is 0 Å². The van der Waals surface area contributed by atoms with Gasteiger partial charge in [-0.05, 0) is 80.8 Å². The Morgan fingerprint density at radius 3 is 2.30 bits per heavy atom. The van der Waals surface area contributed by atoms with Crippen LogP contribution in [0.4, 0.5) is 8.78 Å². The van der Waals surface area contributed by atoms with Crippen LogP contribution < -0.4 is 0 Å². The highest BCUT2D eigenvalue weighted by atomic mass is 19.2. The highest BCUT2D eigenvalue weighted by molar-refractivity contribution is 5.30. The number of hydrogen-bond acceptors (Lipinski definition) is 1. The summed E-state index contributed by atoms with van der Waals surface area (Å²) in [5.74, 6) is 0.219. The molecule has 152 valence electrons. The minimum Gasteiger partial charge on any atom is -0.396 e. The minimum atomic E-state index is -0.707. The minimum absolute atomic E-state index is 0.214. The van der Waals surface area contributed by atoms with Gasteiger partial charge in [0.05, 0.1) is 0 Å². The Hall–Kier alpha value is -0.960. The summed E-state index contributed by atoms with van der Waals surface area (Å²) in [6.07, 6.45) is 13.5. The topological polar surface area (TPSA) is 20.2 Å². The lowest BCUT2D eigenvalue weighted by molar-refractivity contribution is 0.0849. The van der Waals surface area contributed by atoms with Gasteiger partial charge < -0.3 is 5.11 Å². The Morgan fingerprint density at radius 1 is 0.963 bits per heavy atom. The van der Waals surface area contributed by atoms with Gasteiger partial charge in [0.25, 0.3) is 0 Å². The van der Waals surface area contributed by atoms with Gasteiger partial charge in [0, 0.05) is 12.0 Å². The summed E-state index contributed by atoms with van der Waals surface area (Å²) < 4.78 is 28.9. The van der Waals surface area contributed by atoms with Crippen molar-refractivity contribution in [1.29, 1.82) is 0 Å². The molecule has 0 amide bonds. The van der Waals surface area contributed by atoms with Crippen LogP contribution in [0.3, 0.4) is 0 Å². The molecule has 0 aliphatic heterocycles. The van der Waals surface area contributed by atoms with E-state index in [2.05, 4.69) is 6.92 Å². The maximum Gasteiger partial charge on any atom is 0.162 e. The maximum absolute atomic E-state index is 14.9. The standard InChI is InChI=1S/C24H36F2O/c1-2-3-4-6-18-13-15-24(16-14-18,20-11-9-19(17-27)10-12-20)21-7-5-8-22(25)23(21)26/h5,7-8,18-20,27H,2-4,6,9-17H2,1H3. The lowest BCUT2D eigenvalue weighted by atomic mass is 9.56. The van der Waals surface area contributed by atoms with Crippen LogP contribution in [0.2, 0.25) is 0 Å². The van der Waals surface area contributed by atoms with Crippen molar-refractivity contribution in [1.82, 2.24) is 0 Å². The average Bonchev–Trinajstić information content (AvgIpc) is 2.71. The lowest BCUT2D eigenvalue weighted by Gasteiger charge is -2.48. The van der Waals surface area contributed by atoms with Crippen molar-refractivity contribution in [3.05, 3.63) is 35.4 Å². The molecule has 1 nitrogen and oxygen atoms in total. The molecule has 0 bridgehead atoms.